The van der Waals surface area contributed by atoms with Gasteiger partial charge in [0.1, 0.15) is 24.6 Å². The number of likely N-dealkylation sites (tertiary alicyclic amines) is 1. The molecule has 0 radical (unpaired) electrons. The lowest BCUT2D eigenvalue weighted by Crippen LogP contribution is -2.33. The van der Waals surface area contributed by atoms with Crippen LogP contribution in [-0.2, 0) is 26.2 Å². The number of piperidine rings is 1. The number of halogens is 2. The molecule has 0 spiro atoms. The highest BCUT2D eigenvalue weighted by molar-refractivity contribution is 6.30. The topological polar surface area (TPSA) is 111 Å². The normalized spacial score (nSPS) is 14.3. The molecule has 44 heavy (non-hydrogen) atoms. The fourth-order valence-electron chi connectivity index (χ4n) is 5.69. The third kappa shape index (κ3) is 6.58. The Kier molecular flexibility index (Phi) is 8.85. The van der Waals surface area contributed by atoms with E-state index in [1.54, 1.807) is 42.7 Å². The number of hydrogen-bond donors (Lipinski definition) is 1. The Hall–Kier alpha value is -4.35. The van der Waals surface area contributed by atoms with Gasteiger partial charge in [-0.05, 0) is 68.8 Å². The lowest BCUT2D eigenvalue weighted by molar-refractivity contribution is 0.0697. The Morgan fingerprint density at radius 3 is 2.68 bits per heavy atom. The minimum Gasteiger partial charge on any atom is -0.478 e. The van der Waals surface area contributed by atoms with Gasteiger partial charge < -0.3 is 19.0 Å². The smallest absolute Gasteiger partial charge is 0.335 e. The Balaban J connectivity index is 1.15. The van der Waals surface area contributed by atoms with Crippen molar-refractivity contribution in [2.75, 3.05) is 13.1 Å². The molecule has 0 aliphatic carbocycles. The van der Waals surface area contributed by atoms with Crippen molar-refractivity contribution in [2.24, 2.45) is 0 Å². The number of carboxylic acids is 1. The second-order valence-electron chi connectivity index (χ2n) is 11.0. The van der Waals surface area contributed by atoms with E-state index in [0.29, 0.717) is 29.6 Å². The summed E-state index contributed by atoms with van der Waals surface area (Å²) in [5, 5.41) is 18.4. The molecule has 3 aromatic heterocycles. The first-order valence-electron chi connectivity index (χ1n) is 14.7. The van der Waals surface area contributed by atoms with E-state index in [1.807, 2.05) is 16.7 Å². The zero-order valence-corrected chi connectivity index (χ0v) is 25.1. The summed E-state index contributed by atoms with van der Waals surface area (Å²) < 4.78 is 24.1. The lowest BCUT2D eigenvalue weighted by Gasteiger charge is -2.31. The van der Waals surface area contributed by atoms with Crippen molar-refractivity contribution >= 4 is 28.6 Å². The van der Waals surface area contributed by atoms with Crippen LogP contribution in [0.2, 0.25) is 5.02 Å². The van der Waals surface area contributed by atoms with Crippen LogP contribution in [0.1, 0.15) is 65.4 Å². The van der Waals surface area contributed by atoms with E-state index in [2.05, 4.69) is 26.6 Å². The monoisotopic (exact) mass is 617 g/mol. The van der Waals surface area contributed by atoms with Crippen LogP contribution in [0.4, 0.5) is 4.39 Å². The first-order valence-corrected chi connectivity index (χ1v) is 15.1. The van der Waals surface area contributed by atoms with Gasteiger partial charge in [0.2, 0.25) is 5.88 Å². The molecule has 0 saturated carbocycles. The molecule has 0 unspecified atom stereocenters. The van der Waals surface area contributed by atoms with Crippen molar-refractivity contribution < 1.29 is 19.0 Å². The maximum atomic E-state index is 14.2. The SMILES string of the molecule is CCCn1cnnc1Cn1c(CN2CCC(c3cccc(OCc4ccc(Cl)cc4F)n3)CC2)nc2ccc(C(=O)O)cc21. The first kappa shape index (κ1) is 29.7. The summed E-state index contributed by atoms with van der Waals surface area (Å²) in [5.74, 6) is 1.02. The highest BCUT2D eigenvalue weighted by atomic mass is 35.5. The van der Waals surface area contributed by atoms with Gasteiger partial charge in [0.25, 0.3) is 0 Å². The number of fused-ring (bicyclic) bond motifs is 1. The molecule has 1 N–H and O–H groups in total. The van der Waals surface area contributed by atoms with E-state index in [1.165, 1.54) is 6.07 Å². The van der Waals surface area contributed by atoms with Gasteiger partial charge in [-0.3, -0.25) is 4.90 Å². The van der Waals surface area contributed by atoms with Gasteiger partial charge in [-0.2, -0.15) is 0 Å². The Labute approximate surface area is 259 Å². The molecule has 6 rings (SSSR count). The van der Waals surface area contributed by atoms with Crippen molar-refractivity contribution in [2.45, 2.75) is 58.3 Å². The Morgan fingerprint density at radius 2 is 1.91 bits per heavy atom. The van der Waals surface area contributed by atoms with Crippen LogP contribution >= 0.6 is 11.6 Å². The number of carbonyl (C=O) groups is 1. The zero-order valence-electron chi connectivity index (χ0n) is 24.4. The molecular weight excluding hydrogens is 585 g/mol. The molecule has 1 aliphatic heterocycles. The largest absolute Gasteiger partial charge is 0.478 e. The molecular formula is C32H33ClFN7O3. The number of ether oxygens (including phenoxy) is 1. The number of aryl methyl sites for hydroxylation is 1. The number of carboxylic acid groups (broad SMARTS) is 1. The van der Waals surface area contributed by atoms with Crippen LogP contribution in [0.15, 0.2) is 60.9 Å². The summed E-state index contributed by atoms with van der Waals surface area (Å²) in [6, 6.07) is 15.3. The quantitative estimate of drug-likeness (QED) is 0.194. The van der Waals surface area contributed by atoms with Crippen LogP contribution in [0, 0.1) is 5.82 Å². The third-order valence-corrected chi connectivity index (χ3v) is 8.28. The fourth-order valence-corrected chi connectivity index (χ4v) is 5.85. The highest BCUT2D eigenvalue weighted by Gasteiger charge is 2.24. The predicted octanol–water partition coefficient (Wildman–Crippen LogP) is 5.93. The van der Waals surface area contributed by atoms with Gasteiger partial charge in [0, 0.05) is 34.8 Å². The number of hydrogen-bond acceptors (Lipinski definition) is 7. The number of pyridine rings is 1. The van der Waals surface area contributed by atoms with Crippen LogP contribution in [0.5, 0.6) is 5.88 Å². The third-order valence-electron chi connectivity index (χ3n) is 8.04. The van der Waals surface area contributed by atoms with Crippen molar-refractivity contribution in [3.8, 4) is 5.88 Å². The van der Waals surface area contributed by atoms with Gasteiger partial charge >= 0.3 is 5.97 Å². The summed E-state index contributed by atoms with van der Waals surface area (Å²) in [7, 11) is 0. The van der Waals surface area contributed by atoms with Crippen molar-refractivity contribution in [3.63, 3.8) is 0 Å². The van der Waals surface area contributed by atoms with E-state index in [0.717, 1.165) is 67.3 Å². The van der Waals surface area contributed by atoms with Crippen LogP contribution in [0.3, 0.4) is 0 Å². The molecule has 12 heteroatoms. The van der Waals surface area contributed by atoms with Gasteiger partial charge in [0.15, 0.2) is 5.82 Å². The van der Waals surface area contributed by atoms with Crippen molar-refractivity contribution in [1.29, 1.82) is 0 Å². The summed E-state index contributed by atoms with van der Waals surface area (Å²) in [4.78, 5) is 23.7. The van der Waals surface area contributed by atoms with Crippen LogP contribution in [0.25, 0.3) is 11.0 Å². The standard InChI is InChI=1S/C32H33ClFN7O3/c1-2-12-40-20-35-38-30(40)18-41-28-15-22(32(42)43)7-9-27(28)36-29(41)17-39-13-10-21(11-14-39)26-4-3-5-31(37-26)44-19-23-6-8-24(33)16-25(23)34/h3-9,15-16,20-21H,2,10-14,17-19H2,1H3,(H,42,43). The number of imidazole rings is 1. The summed E-state index contributed by atoms with van der Waals surface area (Å²) in [6.45, 7) is 5.74. The Bertz CT molecular complexity index is 1780. The summed E-state index contributed by atoms with van der Waals surface area (Å²) in [5.41, 5.74) is 3.12. The zero-order chi connectivity index (χ0) is 30.6. The van der Waals surface area contributed by atoms with Gasteiger partial charge in [-0.15, -0.1) is 10.2 Å². The number of benzene rings is 2. The van der Waals surface area contributed by atoms with Crippen LogP contribution in [-0.4, -0.2) is 58.4 Å². The fraction of sp³-hybridized carbons (Fsp3) is 0.344. The second kappa shape index (κ2) is 13.1. The number of rotatable bonds is 11. The van der Waals surface area contributed by atoms with Crippen molar-refractivity contribution in [3.05, 3.63) is 100 Å². The molecule has 0 atom stereocenters. The average molecular weight is 618 g/mol. The molecule has 0 amide bonds. The lowest BCUT2D eigenvalue weighted by atomic mass is 9.93. The maximum Gasteiger partial charge on any atom is 0.335 e. The molecule has 0 bridgehead atoms. The molecule has 1 aliphatic rings. The molecule has 4 heterocycles. The number of aromatic carboxylic acids is 1. The van der Waals surface area contributed by atoms with E-state index in [9.17, 15) is 14.3 Å². The van der Waals surface area contributed by atoms with Gasteiger partial charge in [-0.1, -0.05) is 30.7 Å². The molecule has 228 valence electrons. The average Bonchev–Trinajstić information content (AvgIpc) is 3.61. The van der Waals surface area contributed by atoms with E-state index in [4.69, 9.17) is 26.3 Å². The first-order chi connectivity index (χ1) is 21.4. The van der Waals surface area contributed by atoms with Gasteiger partial charge in [0.05, 0.1) is 29.7 Å². The highest BCUT2D eigenvalue weighted by Crippen LogP contribution is 2.30. The minimum absolute atomic E-state index is 0.0710. The summed E-state index contributed by atoms with van der Waals surface area (Å²) >= 11 is 5.86. The molecule has 2 aromatic carbocycles. The number of nitrogens with zero attached hydrogens (tertiary/aromatic N) is 7. The van der Waals surface area contributed by atoms with E-state index >= 15 is 0 Å². The van der Waals surface area contributed by atoms with Crippen molar-refractivity contribution in [1.82, 2.24) is 34.2 Å². The van der Waals surface area contributed by atoms with E-state index in [-0.39, 0.29) is 18.1 Å². The summed E-state index contributed by atoms with van der Waals surface area (Å²) in [6.07, 6.45) is 4.51. The Morgan fingerprint density at radius 1 is 1.07 bits per heavy atom. The minimum atomic E-state index is -0.974. The molecule has 1 fully saturated rings. The predicted molar refractivity (Wildman–Crippen MR) is 163 cm³/mol. The van der Waals surface area contributed by atoms with E-state index < -0.39 is 11.8 Å². The molecule has 10 nitrogen and oxygen atoms in total. The van der Waals surface area contributed by atoms with Gasteiger partial charge in [-0.25, -0.2) is 19.2 Å². The number of aromatic nitrogens is 6. The molecule has 5 aromatic rings. The van der Waals surface area contributed by atoms with Crippen LogP contribution < -0.4 is 4.74 Å². The second-order valence-corrected chi connectivity index (χ2v) is 11.5. The molecule has 1 saturated heterocycles. The maximum absolute atomic E-state index is 14.2.